The monoisotopic (exact) mass is 148 g/mol. The lowest BCUT2D eigenvalue weighted by Gasteiger charge is -1.99. The Morgan fingerprint density at radius 1 is 1.44 bits per heavy atom. The van der Waals surface area contributed by atoms with Gasteiger partial charge in [0.1, 0.15) is 0 Å². The second-order valence-electron chi connectivity index (χ2n) is 1.52. The molecule has 1 rings (SSSR count). The third kappa shape index (κ3) is 0.613. The van der Waals surface area contributed by atoms with E-state index < -0.39 is 22.7 Å². The summed E-state index contributed by atoms with van der Waals surface area (Å²) in [5, 5.41) is -3.38. The van der Waals surface area contributed by atoms with Gasteiger partial charge in [-0.1, -0.05) is 8.96 Å². The van der Waals surface area contributed by atoms with Gasteiger partial charge in [0.2, 0.25) is 0 Å². The summed E-state index contributed by atoms with van der Waals surface area (Å²) in [4.78, 5) is 0. The third-order valence-corrected chi connectivity index (χ3v) is 0.971. The van der Waals surface area contributed by atoms with Crippen LogP contribution in [0.5, 0.6) is 0 Å². The molecule has 7 heteroatoms. The Hall–Kier alpha value is -0.430. The Balaban J connectivity index is 2.60. The van der Waals surface area contributed by atoms with Crippen LogP contribution >= 0.6 is 0 Å². The van der Waals surface area contributed by atoms with Crippen molar-refractivity contribution in [3.8, 4) is 0 Å². The minimum absolute atomic E-state index is 1.23. The number of hydrogen-bond acceptors (Lipinski definition) is 2. The molecule has 0 spiro atoms. The molecule has 0 saturated carbocycles. The molecule has 0 bridgehead atoms. The largest absolute Gasteiger partial charge is 0.351 e. The molecule has 2 nitrogen and oxygen atoms in total. The van der Waals surface area contributed by atoms with Crippen LogP contribution < -0.4 is 0 Å². The van der Waals surface area contributed by atoms with E-state index in [0.29, 0.717) is 0 Å². The van der Waals surface area contributed by atoms with Gasteiger partial charge in [0.15, 0.2) is 0 Å². The second-order valence-corrected chi connectivity index (χ2v) is 1.52. The van der Waals surface area contributed by atoms with Gasteiger partial charge in [0, 0.05) is 0 Å². The molecule has 0 aromatic rings. The van der Waals surface area contributed by atoms with Gasteiger partial charge in [-0.3, -0.25) is 0 Å². The van der Waals surface area contributed by atoms with Gasteiger partial charge >= 0.3 is 5.92 Å². The standard InChI is InChI=1S/C2HF5N2/c3-1-2(4,8(1)5)9(6)7/h1H. The maximum Gasteiger partial charge on any atom is 0.351 e. The fourth-order valence-corrected chi connectivity index (χ4v) is 0.355. The zero-order valence-corrected chi connectivity index (χ0v) is 3.86. The summed E-state index contributed by atoms with van der Waals surface area (Å²) >= 11 is 0. The number of hydrogen-bond donors (Lipinski definition) is 0. The van der Waals surface area contributed by atoms with E-state index in [1.807, 2.05) is 0 Å². The van der Waals surface area contributed by atoms with Crippen molar-refractivity contribution >= 4 is 0 Å². The number of halogens is 5. The van der Waals surface area contributed by atoms with Gasteiger partial charge in [0.05, 0.1) is 5.34 Å². The van der Waals surface area contributed by atoms with E-state index in [1.165, 1.54) is 0 Å². The van der Waals surface area contributed by atoms with Crippen LogP contribution in [0.15, 0.2) is 0 Å². The van der Waals surface area contributed by atoms with Crippen LogP contribution in [0.4, 0.5) is 22.2 Å². The maximum absolute atomic E-state index is 11.8. The molecule has 54 valence electrons. The van der Waals surface area contributed by atoms with E-state index in [9.17, 15) is 22.2 Å². The topological polar surface area (TPSA) is 6.25 Å². The summed E-state index contributed by atoms with van der Waals surface area (Å²) in [6, 6.07) is 0. The van der Waals surface area contributed by atoms with Crippen molar-refractivity contribution in [3.05, 3.63) is 0 Å². The van der Waals surface area contributed by atoms with Gasteiger partial charge in [0.25, 0.3) is 6.30 Å². The molecule has 3 unspecified atom stereocenters. The summed E-state index contributed by atoms with van der Waals surface area (Å²) in [7, 11) is 0. The molecule has 0 aromatic heterocycles. The van der Waals surface area contributed by atoms with Crippen molar-refractivity contribution < 1.29 is 22.2 Å². The van der Waals surface area contributed by atoms with Gasteiger partial charge in [-0.15, -0.1) is 4.48 Å². The van der Waals surface area contributed by atoms with E-state index in [4.69, 9.17) is 0 Å². The molecule has 0 aromatic carbocycles. The summed E-state index contributed by atoms with van der Waals surface area (Å²) < 4.78 is 56.7. The first kappa shape index (κ1) is 6.69. The first-order chi connectivity index (χ1) is 4.01. The van der Waals surface area contributed by atoms with Crippen LogP contribution in [-0.4, -0.2) is 22.7 Å². The summed E-state index contributed by atoms with van der Waals surface area (Å²) in [5.74, 6) is -3.83. The van der Waals surface area contributed by atoms with E-state index in [1.54, 1.807) is 0 Å². The molecular weight excluding hydrogens is 147 g/mol. The van der Waals surface area contributed by atoms with Crippen LogP contribution in [0.1, 0.15) is 0 Å². The number of alkyl halides is 2. The first-order valence-corrected chi connectivity index (χ1v) is 1.91. The zero-order chi connectivity index (χ0) is 7.23. The van der Waals surface area contributed by atoms with E-state index in [-0.39, 0.29) is 0 Å². The fraction of sp³-hybridized carbons (Fsp3) is 1.00. The van der Waals surface area contributed by atoms with Crippen LogP contribution in [0, 0.1) is 0 Å². The quantitative estimate of drug-likeness (QED) is 0.238. The summed E-state index contributed by atoms with van der Waals surface area (Å²) in [5.41, 5.74) is 0. The predicted octanol–water partition coefficient (Wildman–Crippen LogP) is 1.18. The van der Waals surface area contributed by atoms with Gasteiger partial charge in [-0.25, -0.2) is 4.39 Å². The Labute approximate surface area is 46.3 Å². The van der Waals surface area contributed by atoms with E-state index in [0.717, 1.165) is 0 Å². The third-order valence-electron chi connectivity index (χ3n) is 0.971. The molecule has 3 atom stereocenters. The Morgan fingerprint density at radius 2 is 1.78 bits per heavy atom. The number of nitrogens with zero attached hydrogens (tertiary/aromatic N) is 2. The minimum Gasteiger partial charge on any atom is -0.220 e. The Bertz CT molecular complexity index is 109. The van der Waals surface area contributed by atoms with Crippen molar-refractivity contribution in [1.82, 2.24) is 10.5 Å². The number of rotatable bonds is 1. The molecular formula is C2HF5N2. The lowest BCUT2D eigenvalue weighted by Crippen LogP contribution is -2.23. The normalized spacial score (nSPS) is 50.0. The summed E-state index contributed by atoms with van der Waals surface area (Å²) in [6.45, 7) is 0. The molecule has 1 aliphatic rings. The van der Waals surface area contributed by atoms with Gasteiger partial charge < -0.3 is 0 Å². The Morgan fingerprint density at radius 3 is 1.78 bits per heavy atom. The smallest absolute Gasteiger partial charge is 0.220 e. The average Bonchev–Trinajstić information content (AvgIpc) is 2.22. The molecule has 9 heavy (non-hydrogen) atoms. The molecule has 1 fully saturated rings. The van der Waals surface area contributed by atoms with Crippen molar-refractivity contribution in [1.29, 1.82) is 0 Å². The lowest BCUT2D eigenvalue weighted by molar-refractivity contribution is -0.272. The van der Waals surface area contributed by atoms with Crippen molar-refractivity contribution in [2.45, 2.75) is 12.2 Å². The minimum atomic E-state index is -3.83. The maximum atomic E-state index is 11.8. The molecule has 1 saturated heterocycles. The van der Waals surface area contributed by atoms with Crippen LogP contribution in [0.25, 0.3) is 0 Å². The van der Waals surface area contributed by atoms with E-state index in [2.05, 4.69) is 0 Å². The molecule has 1 aliphatic heterocycles. The highest BCUT2D eigenvalue weighted by atomic mass is 19.4. The predicted molar refractivity (Wildman–Crippen MR) is 15.7 cm³/mol. The zero-order valence-electron chi connectivity index (χ0n) is 3.86. The summed E-state index contributed by atoms with van der Waals surface area (Å²) in [6.07, 6.45) is -2.87. The average molecular weight is 148 g/mol. The molecule has 0 radical (unpaired) electrons. The highest BCUT2D eigenvalue weighted by Gasteiger charge is 2.75. The molecule has 0 aliphatic carbocycles. The van der Waals surface area contributed by atoms with Crippen LogP contribution in [0.3, 0.4) is 0 Å². The molecule has 0 N–H and O–H groups in total. The van der Waals surface area contributed by atoms with Crippen molar-refractivity contribution in [2.24, 2.45) is 0 Å². The Kier molecular flexibility index (Phi) is 1.14. The van der Waals surface area contributed by atoms with Crippen molar-refractivity contribution in [2.75, 3.05) is 0 Å². The van der Waals surface area contributed by atoms with Gasteiger partial charge in [-0.2, -0.15) is 4.39 Å². The van der Waals surface area contributed by atoms with Gasteiger partial charge in [-0.05, 0) is 5.12 Å². The van der Waals surface area contributed by atoms with Crippen LogP contribution in [0.2, 0.25) is 0 Å². The first-order valence-electron chi connectivity index (χ1n) is 1.91. The fourth-order valence-electron chi connectivity index (χ4n) is 0.355. The highest BCUT2D eigenvalue weighted by molar-refractivity contribution is 4.92. The molecule has 0 amide bonds. The second kappa shape index (κ2) is 1.54. The van der Waals surface area contributed by atoms with Crippen LogP contribution in [-0.2, 0) is 0 Å². The lowest BCUT2D eigenvalue weighted by atomic mass is 10.7. The molecule has 1 heterocycles. The SMILES string of the molecule is FC1N(F)C1(F)N(F)F. The van der Waals surface area contributed by atoms with Crippen molar-refractivity contribution in [3.63, 3.8) is 0 Å². The highest BCUT2D eigenvalue weighted by Crippen LogP contribution is 2.47. The van der Waals surface area contributed by atoms with E-state index >= 15 is 0 Å².